The van der Waals surface area contributed by atoms with Crippen molar-refractivity contribution in [3.63, 3.8) is 0 Å². The summed E-state index contributed by atoms with van der Waals surface area (Å²) < 4.78 is 10.3. The zero-order valence-electron chi connectivity index (χ0n) is 15.5. The van der Waals surface area contributed by atoms with Crippen LogP contribution < -0.4 is 5.32 Å². The molecular weight excluding hydrogens is 414 g/mol. The highest BCUT2D eigenvalue weighted by Crippen LogP contribution is 2.21. The van der Waals surface area contributed by atoms with Gasteiger partial charge in [-0.2, -0.15) is 0 Å². The van der Waals surface area contributed by atoms with E-state index in [0.29, 0.717) is 0 Å². The third-order valence-electron chi connectivity index (χ3n) is 4.67. The molecule has 2 rings (SSSR count). The van der Waals surface area contributed by atoms with E-state index in [1.807, 2.05) is 0 Å². The van der Waals surface area contributed by atoms with Crippen molar-refractivity contribution in [2.75, 3.05) is 13.2 Å². The Kier molecular flexibility index (Phi) is 20.2. The van der Waals surface area contributed by atoms with Crippen LogP contribution in [0.4, 0.5) is 0 Å². The molecule has 11 heteroatoms. The average molecular weight is 462 g/mol. The van der Waals surface area contributed by atoms with Gasteiger partial charge in [0, 0.05) is 6.92 Å². The minimum Gasteiger partial charge on any atom is -0.394 e. The molecule has 2 aliphatic heterocycles. The van der Waals surface area contributed by atoms with Crippen molar-refractivity contribution in [3.05, 3.63) is 0 Å². The molecule has 4 unspecified atom stereocenters. The molecule has 0 spiro atoms. The van der Waals surface area contributed by atoms with Gasteiger partial charge in [0.05, 0.1) is 31.5 Å². The number of ether oxygens (including phenoxy) is 2. The molecule has 0 aromatic heterocycles. The number of nitrogens with one attached hydrogen (secondary N) is 1. The van der Waals surface area contributed by atoms with Crippen LogP contribution in [0.25, 0.3) is 0 Å². The van der Waals surface area contributed by atoms with Crippen molar-refractivity contribution in [1.29, 1.82) is 0 Å². The number of aliphatic hydroxyl groups excluding tert-OH is 7. The fourth-order valence-corrected chi connectivity index (χ4v) is 3.03. The minimum absolute atomic E-state index is 0. The molecule has 0 aromatic carbocycles. The van der Waals surface area contributed by atoms with Crippen molar-refractivity contribution in [3.8, 4) is 0 Å². The number of amides is 1. The van der Waals surface area contributed by atoms with E-state index in [2.05, 4.69) is 5.32 Å². The molecule has 31 heavy (non-hydrogen) atoms. The van der Waals surface area contributed by atoms with Crippen molar-refractivity contribution in [1.82, 2.24) is 5.32 Å². The van der Waals surface area contributed by atoms with Gasteiger partial charge < -0.3 is 50.5 Å². The lowest BCUT2D eigenvalue weighted by Gasteiger charge is -2.41. The maximum absolute atomic E-state index is 10.9. The van der Waals surface area contributed by atoms with E-state index in [4.69, 9.17) is 19.7 Å². The lowest BCUT2D eigenvalue weighted by molar-refractivity contribution is -0.224. The second-order valence-electron chi connectivity index (χ2n) is 6.80. The van der Waals surface area contributed by atoms with Gasteiger partial charge in [0.1, 0.15) is 42.7 Å². The van der Waals surface area contributed by atoms with Crippen LogP contribution in [-0.4, -0.2) is 116 Å². The quantitative estimate of drug-likeness (QED) is 0.243. The van der Waals surface area contributed by atoms with Gasteiger partial charge in [-0.15, -0.1) is 0 Å². The van der Waals surface area contributed by atoms with Crippen LogP contribution in [0, 0.1) is 0 Å². The number of hydrogen-bond donors (Lipinski definition) is 8. The van der Waals surface area contributed by atoms with Crippen molar-refractivity contribution in [2.24, 2.45) is 0 Å². The topological polar surface area (TPSA) is 189 Å². The lowest BCUT2D eigenvalue weighted by Crippen LogP contribution is -2.63. The SMILES string of the molecule is C.C.C.C.CC(=O)NC1[C@H](C)OC(CO)[C@@H](O)[C@@H]1O.C[C@H]1OC(CO)[C@H](O)[C@H](O)C1O. The van der Waals surface area contributed by atoms with Gasteiger partial charge >= 0.3 is 0 Å². The largest absolute Gasteiger partial charge is 0.394 e. The van der Waals surface area contributed by atoms with Crippen molar-refractivity contribution >= 4 is 5.91 Å². The summed E-state index contributed by atoms with van der Waals surface area (Å²) in [5.41, 5.74) is 0. The number of aliphatic hydroxyl groups is 7. The summed E-state index contributed by atoms with van der Waals surface area (Å²) >= 11 is 0. The second-order valence-corrected chi connectivity index (χ2v) is 6.80. The van der Waals surface area contributed by atoms with E-state index in [-0.39, 0.29) is 48.8 Å². The zero-order valence-corrected chi connectivity index (χ0v) is 15.5. The van der Waals surface area contributed by atoms with E-state index < -0.39 is 61.0 Å². The van der Waals surface area contributed by atoms with E-state index >= 15 is 0 Å². The number of carbonyl (C=O) groups is 1. The Bertz CT molecular complexity index is 464. The van der Waals surface area contributed by atoms with Gasteiger partial charge in [-0.25, -0.2) is 0 Å². The number of rotatable bonds is 3. The molecule has 2 heterocycles. The predicted molar refractivity (Wildman–Crippen MR) is 117 cm³/mol. The number of carbonyl (C=O) groups excluding carboxylic acids is 1. The Balaban J connectivity index is -0.000000212. The Morgan fingerprint density at radius 1 is 0.710 bits per heavy atom. The first-order chi connectivity index (χ1) is 12.5. The molecule has 2 saturated heterocycles. The summed E-state index contributed by atoms with van der Waals surface area (Å²) in [5.74, 6) is -0.302. The Labute approximate surface area is 186 Å². The molecule has 0 saturated carbocycles. The Morgan fingerprint density at radius 3 is 1.48 bits per heavy atom. The number of hydrogen-bond acceptors (Lipinski definition) is 10. The molecule has 0 aromatic rings. The van der Waals surface area contributed by atoms with Gasteiger partial charge in [-0.3, -0.25) is 4.79 Å². The normalized spacial score (nSPS) is 39.0. The standard InChI is InChI=1S/C9H17NO5.C7H14O5.4CH4/c1-4-7(10-5(2)12)9(14)8(13)6(3-11)15-4;1-3-5(9)7(11)6(10)4(2-8)12-3;;;;/h4,6-9,11,13-14H,3H2,1-2H3,(H,10,12);3-11H,2H2,1H3;4*1H4/t4-,6?,7?,8+,9+;3-,4?,5?,6+,7-;;;;/m01..../s1. The van der Waals surface area contributed by atoms with Crippen LogP contribution in [0.2, 0.25) is 0 Å². The molecule has 8 N–H and O–H groups in total. The molecule has 11 nitrogen and oxygen atoms in total. The molecule has 2 aliphatic rings. The molecule has 1 amide bonds. The maximum Gasteiger partial charge on any atom is 0.217 e. The summed E-state index contributed by atoms with van der Waals surface area (Å²) in [5, 5.41) is 67.0. The molecule has 2 fully saturated rings. The van der Waals surface area contributed by atoms with Crippen LogP contribution in [0.3, 0.4) is 0 Å². The Morgan fingerprint density at radius 2 is 1.10 bits per heavy atom. The summed E-state index contributed by atoms with van der Waals surface area (Å²) in [4.78, 5) is 10.9. The smallest absolute Gasteiger partial charge is 0.217 e. The average Bonchev–Trinajstić information content (AvgIpc) is 2.63. The second kappa shape index (κ2) is 16.7. The van der Waals surface area contributed by atoms with Crippen molar-refractivity contribution in [2.45, 2.75) is 111 Å². The molecule has 192 valence electrons. The Hall–Kier alpha value is -0.890. The highest BCUT2D eigenvalue weighted by atomic mass is 16.5. The monoisotopic (exact) mass is 461 g/mol. The molecule has 10 atom stereocenters. The molecular formula is C20H47NO10. The minimum atomic E-state index is -1.24. The van der Waals surface area contributed by atoms with E-state index in [9.17, 15) is 30.3 Å². The maximum atomic E-state index is 10.9. The van der Waals surface area contributed by atoms with Gasteiger partial charge in [0.15, 0.2) is 0 Å². The molecule has 0 bridgehead atoms. The van der Waals surface area contributed by atoms with Crippen molar-refractivity contribution < 1.29 is 50.0 Å². The van der Waals surface area contributed by atoms with Gasteiger partial charge in [-0.05, 0) is 13.8 Å². The predicted octanol–water partition coefficient (Wildman–Crippen LogP) is -1.61. The fourth-order valence-electron chi connectivity index (χ4n) is 3.03. The van der Waals surface area contributed by atoms with Gasteiger partial charge in [-0.1, -0.05) is 29.7 Å². The molecule has 0 radical (unpaired) electrons. The van der Waals surface area contributed by atoms with Gasteiger partial charge in [0.25, 0.3) is 0 Å². The summed E-state index contributed by atoms with van der Waals surface area (Å²) in [6.45, 7) is 3.83. The summed E-state index contributed by atoms with van der Waals surface area (Å²) in [6.07, 6.45) is -8.52. The first kappa shape index (κ1) is 37.4. The first-order valence-electron chi connectivity index (χ1n) is 8.75. The van der Waals surface area contributed by atoms with Crippen LogP contribution in [0.5, 0.6) is 0 Å². The van der Waals surface area contributed by atoms with E-state index in [0.717, 1.165) is 0 Å². The summed E-state index contributed by atoms with van der Waals surface area (Å²) in [7, 11) is 0. The third-order valence-corrected chi connectivity index (χ3v) is 4.67. The highest BCUT2D eigenvalue weighted by Gasteiger charge is 2.43. The van der Waals surface area contributed by atoms with Crippen LogP contribution in [0.1, 0.15) is 50.5 Å². The fraction of sp³-hybridized carbons (Fsp3) is 0.950. The lowest BCUT2D eigenvalue weighted by atomic mass is 9.93. The highest BCUT2D eigenvalue weighted by molar-refractivity contribution is 5.73. The van der Waals surface area contributed by atoms with Crippen LogP contribution in [-0.2, 0) is 14.3 Å². The van der Waals surface area contributed by atoms with Gasteiger partial charge in [0.2, 0.25) is 5.91 Å². The van der Waals surface area contributed by atoms with E-state index in [1.54, 1.807) is 13.8 Å². The third kappa shape index (κ3) is 9.64. The zero-order chi connectivity index (χ0) is 20.9. The molecule has 0 aliphatic carbocycles. The first-order valence-corrected chi connectivity index (χ1v) is 8.75. The van der Waals surface area contributed by atoms with Crippen LogP contribution >= 0.6 is 0 Å². The van der Waals surface area contributed by atoms with Crippen LogP contribution in [0.15, 0.2) is 0 Å². The summed E-state index contributed by atoms with van der Waals surface area (Å²) in [6, 6.07) is -0.653. The van der Waals surface area contributed by atoms with E-state index in [1.165, 1.54) is 6.92 Å².